The number of anilines is 1. The van der Waals surface area contributed by atoms with Crippen molar-refractivity contribution in [3.63, 3.8) is 0 Å². The van der Waals surface area contributed by atoms with Gasteiger partial charge in [0.25, 0.3) is 0 Å². The maximum atomic E-state index is 13.8. The molecule has 0 radical (unpaired) electrons. The zero-order chi connectivity index (χ0) is 16.7. The SMILES string of the molecule is COc1cc(NCCCOC[C@@H]2CCOC2)c(F)cc1[N+](=O)[O-]. The molecule has 8 heteroatoms. The molecule has 2 rings (SSSR count). The smallest absolute Gasteiger partial charge is 0.313 e. The Labute approximate surface area is 133 Å². The van der Waals surface area contributed by atoms with Crippen molar-refractivity contribution in [2.45, 2.75) is 12.8 Å². The van der Waals surface area contributed by atoms with Gasteiger partial charge in [0.15, 0.2) is 11.6 Å². The molecule has 0 amide bonds. The van der Waals surface area contributed by atoms with Crippen LogP contribution in [0.5, 0.6) is 5.75 Å². The molecule has 1 aliphatic rings. The number of hydrogen-bond acceptors (Lipinski definition) is 6. The summed E-state index contributed by atoms with van der Waals surface area (Å²) in [5.41, 5.74) is -0.214. The third kappa shape index (κ3) is 5.04. The monoisotopic (exact) mass is 328 g/mol. The molecule has 128 valence electrons. The van der Waals surface area contributed by atoms with Crippen LogP contribution in [-0.2, 0) is 9.47 Å². The average molecular weight is 328 g/mol. The lowest BCUT2D eigenvalue weighted by molar-refractivity contribution is -0.385. The van der Waals surface area contributed by atoms with Crippen molar-refractivity contribution in [1.29, 1.82) is 0 Å². The molecule has 0 bridgehead atoms. The van der Waals surface area contributed by atoms with Crippen molar-refractivity contribution >= 4 is 11.4 Å². The molecule has 1 aromatic carbocycles. The van der Waals surface area contributed by atoms with Crippen LogP contribution in [0.3, 0.4) is 0 Å². The summed E-state index contributed by atoms with van der Waals surface area (Å²) >= 11 is 0. The van der Waals surface area contributed by atoms with Gasteiger partial charge >= 0.3 is 5.69 Å². The largest absolute Gasteiger partial charge is 0.490 e. The molecule has 1 heterocycles. The fourth-order valence-corrected chi connectivity index (χ4v) is 2.35. The lowest BCUT2D eigenvalue weighted by atomic mass is 10.1. The van der Waals surface area contributed by atoms with Crippen LogP contribution in [0.25, 0.3) is 0 Å². The average Bonchev–Trinajstić information content (AvgIpc) is 3.04. The van der Waals surface area contributed by atoms with Crippen molar-refractivity contribution in [3.8, 4) is 5.75 Å². The second-order valence-corrected chi connectivity index (χ2v) is 5.35. The van der Waals surface area contributed by atoms with Crippen LogP contribution in [-0.4, -0.2) is 45.0 Å². The van der Waals surface area contributed by atoms with Crippen molar-refractivity contribution < 1.29 is 23.5 Å². The second-order valence-electron chi connectivity index (χ2n) is 5.35. The lowest BCUT2D eigenvalue weighted by Crippen LogP contribution is -2.12. The summed E-state index contributed by atoms with van der Waals surface area (Å²) in [6.07, 6.45) is 1.73. The first-order valence-electron chi connectivity index (χ1n) is 7.53. The first-order valence-corrected chi connectivity index (χ1v) is 7.53. The van der Waals surface area contributed by atoms with Gasteiger partial charge in [0.1, 0.15) is 0 Å². The number of nitrogens with zero attached hydrogens (tertiary/aromatic N) is 1. The standard InChI is InChI=1S/C15H21FN2O5/c1-21-15-8-13(12(16)7-14(15)18(19)20)17-4-2-5-22-9-11-3-6-23-10-11/h7-8,11,17H,2-6,9-10H2,1H3/t11-/m0/s1. The summed E-state index contributed by atoms with van der Waals surface area (Å²) in [6, 6.07) is 2.15. The first-order chi connectivity index (χ1) is 11.1. The second kappa shape index (κ2) is 8.64. The number of nitro benzene ring substituents is 1. The zero-order valence-corrected chi connectivity index (χ0v) is 13.0. The summed E-state index contributed by atoms with van der Waals surface area (Å²) in [5.74, 6) is -0.183. The highest BCUT2D eigenvalue weighted by molar-refractivity contribution is 5.59. The summed E-state index contributed by atoms with van der Waals surface area (Å²) in [7, 11) is 1.31. The van der Waals surface area contributed by atoms with Crippen molar-refractivity contribution in [2.24, 2.45) is 5.92 Å². The topological polar surface area (TPSA) is 82.9 Å². The number of hydrogen-bond donors (Lipinski definition) is 1. The van der Waals surface area contributed by atoms with Crippen LogP contribution in [0.1, 0.15) is 12.8 Å². The molecule has 1 saturated heterocycles. The van der Waals surface area contributed by atoms with E-state index in [-0.39, 0.29) is 11.4 Å². The van der Waals surface area contributed by atoms with Crippen LogP contribution in [0.4, 0.5) is 15.8 Å². The van der Waals surface area contributed by atoms with Gasteiger partial charge in [-0.15, -0.1) is 0 Å². The number of halogens is 1. The fourth-order valence-electron chi connectivity index (χ4n) is 2.35. The van der Waals surface area contributed by atoms with Crippen molar-refractivity contribution in [3.05, 3.63) is 28.1 Å². The molecule has 0 spiro atoms. The number of rotatable bonds is 9. The van der Waals surface area contributed by atoms with Crippen LogP contribution in [0.15, 0.2) is 12.1 Å². The van der Waals surface area contributed by atoms with Crippen LogP contribution < -0.4 is 10.1 Å². The Kier molecular flexibility index (Phi) is 6.54. The van der Waals surface area contributed by atoms with E-state index in [1.54, 1.807) is 0 Å². The quantitative estimate of drug-likeness (QED) is 0.426. The molecule has 0 aliphatic carbocycles. The Morgan fingerprint density at radius 2 is 2.35 bits per heavy atom. The molecule has 0 aromatic heterocycles. The van der Waals surface area contributed by atoms with Crippen molar-refractivity contribution in [2.75, 3.05) is 45.4 Å². The van der Waals surface area contributed by atoms with Gasteiger partial charge in [-0.05, 0) is 12.8 Å². The van der Waals surface area contributed by atoms with Gasteiger partial charge in [-0.25, -0.2) is 4.39 Å². The van der Waals surface area contributed by atoms with Gasteiger partial charge in [-0.3, -0.25) is 10.1 Å². The first kappa shape index (κ1) is 17.4. The van der Waals surface area contributed by atoms with Crippen molar-refractivity contribution in [1.82, 2.24) is 0 Å². The van der Waals surface area contributed by atoms with E-state index in [1.165, 1.54) is 13.2 Å². The third-order valence-corrected chi connectivity index (χ3v) is 3.62. The minimum absolute atomic E-state index is 0.0244. The molecule has 23 heavy (non-hydrogen) atoms. The Balaban J connectivity index is 1.75. The summed E-state index contributed by atoms with van der Waals surface area (Å²) in [4.78, 5) is 10.1. The molecular weight excluding hydrogens is 307 g/mol. The van der Waals surface area contributed by atoms with E-state index in [0.717, 1.165) is 25.7 Å². The number of methoxy groups -OCH3 is 1. The molecule has 0 saturated carbocycles. The Bertz CT molecular complexity index is 535. The Morgan fingerprint density at radius 3 is 3.00 bits per heavy atom. The summed E-state index contributed by atoms with van der Waals surface area (Å²) in [6.45, 7) is 3.30. The number of ether oxygens (including phenoxy) is 3. The van der Waals surface area contributed by atoms with E-state index in [1.807, 2.05) is 0 Å². The van der Waals surface area contributed by atoms with Gasteiger partial charge in [-0.1, -0.05) is 0 Å². The molecule has 1 fully saturated rings. The Morgan fingerprint density at radius 1 is 1.52 bits per heavy atom. The number of nitrogens with one attached hydrogen (secondary N) is 1. The number of benzene rings is 1. The molecule has 0 unspecified atom stereocenters. The minimum atomic E-state index is -0.679. The highest BCUT2D eigenvalue weighted by atomic mass is 19.1. The Hall–Kier alpha value is -1.93. The van der Waals surface area contributed by atoms with Crippen LogP contribution in [0.2, 0.25) is 0 Å². The van der Waals surface area contributed by atoms with E-state index < -0.39 is 16.4 Å². The van der Waals surface area contributed by atoms with Crippen LogP contribution >= 0.6 is 0 Å². The van der Waals surface area contributed by atoms with E-state index >= 15 is 0 Å². The molecule has 1 aliphatic heterocycles. The predicted octanol–water partition coefficient (Wildman–Crippen LogP) is 2.60. The summed E-state index contributed by atoms with van der Waals surface area (Å²) in [5, 5.41) is 13.7. The highest BCUT2D eigenvalue weighted by Gasteiger charge is 2.19. The minimum Gasteiger partial charge on any atom is -0.490 e. The zero-order valence-electron chi connectivity index (χ0n) is 13.0. The van der Waals surface area contributed by atoms with Gasteiger partial charge < -0.3 is 19.5 Å². The van der Waals surface area contributed by atoms with Crippen LogP contribution in [0, 0.1) is 21.8 Å². The highest BCUT2D eigenvalue weighted by Crippen LogP contribution is 2.32. The molecule has 7 nitrogen and oxygen atoms in total. The van der Waals surface area contributed by atoms with Gasteiger partial charge in [0.05, 0.1) is 37.0 Å². The summed E-state index contributed by atoms with van der Waals surface area (Å²) < 4.78 is 29.6. The molecular formula is C15H21FN2O5. The molecule has 1 aromatic rings. The molecule has 1 N–H and O–H groups in total. The van der Waals surface area contributed by atoms with E-state index in [4.69, 9.17) is 14.2 Å². The fraction of sp³-hybridized carbons (Fsp3) is 0.600. The van der Waals surface area contributed by atoms with E-state index in [0.29, 0.717) is 32.1 Å². The third-order valence-electron chi connectivity index (χ3n) is 3.62. The van der Waals surface area contributed by atoms with E-state index in [9.17, 15) is 14.5 Å². The predicted molar refractivity (Wildman–Crippen MR) is 82.5 cm³/mol. The number of nitro groups is 1. The normalized spacial score (nSPS) is 17.2. The maximum absolute atomic E-state index is 13.8. The van der Waals surface area contributed by atoms with Gasteiger partial charge in [0.2, 0.25) is 0 Å². The van der Waals surface area contributed by atoms with Gasteiger partial charge in [-0.2, -0.15) is 0 Å². The molecule has 1 atom stereocenters. The maximum Gasteiger partial charge on any atom is 0.313 e. The van der Waals surface area contributed by atoms with Gasteiger partial charge in [0, 0.05) is 31.7 Å². The van der Waals surface area contributed by atoms with E-state index in [2.05, 4.69) is 5.32 Å². The lowest BCUT2D eigenvalue weighted by Gasteiger charge is -2.11.